The van der Waals surface area contributed by atoms with Gasteiger partial charge in [-0.2, -0.15) is 4.89 Å². The van der Waals surface area contributed by atoms with Gasteiger partial charge in [-0.15, -0.1) is 0 Å². The Balaban J connectivity index is 4.93. The first kappa shape index (κ1) is 21.7. The Labute approximate surface area is 132 Å². The molecule has 134 valence electrons. The zero-order valence-corrected chi connectivity index (χ0v) is 13.7. The number of unbranched alkanes of at least 4 members (excludes halogenated alkanes) is 2. The van der Waals surface area contributed by atoms with Crippen molar-refractivity contribution in [3.63, 3.8) is 0 Å². The summed E-state index contributed by atoms with van der Waals surface area (Å²) in [6, 6.07) is 0. The third-order valence-corrected chi connectivity index (χ3v) is 3.00. The Morgan fingerprint density at radius 1 is 0.909 bits per heavy atom. The van der Waals surface area contributed by atoms with Crippen LogP contribution in [0.25, 0.3) is 0 Å². The average Bonchev–Trinajstić information content (AvgIpc) is 2.54. The summed E-state index contributed by atoms with van der Waals surface area (Å²) >= 11 is 0. The summed E-state index contributed by atoms with van der Waals surface area (Å²) in [5, 5.41) is 33.2. The molecule has 0 aliphatic carbocycles. The zero-order chi connectivity index (χ0) is 16.7. The Bertz CT molecular complexity index is 227. The van der Waals surface area contributed by atoms with Crippen molar-refractivity contribution in [3.05, 3.63) is 0 Å². The molecule has 0 aliphatic heterocycles. The van der Waals surface area contributed by atoms with Gasteiger partial charge in [0.1, 0.15) is 6.17 Å². The molecule has 0 rings (SSSR count). The van der Waals surface area contributed by atoms with E-state index in [0.717, 1.165) is 25.7 Å². The molecule has 0 heterocycles. The highest BCUT2D eigenvalue weighted by Crippen LogP contribution is 2.20. The zero-order valence-electron chi connectivity index (χ0n) is 13.7. The van der Waals surface area contributed by atoms with Crippen molar-refractivity contribution in [3.8, 4) is 0 Å². The van der Waals surface area contributed by atoms with Gasteiger partial charge in [0.25, 0.3) is 0 Å². The normalized spacial score (nSPS) is 12.3. The third-order valence-electron chi connectivity index (χ3n) is 3.00. The van der Waals surface area contributed by atoms with E-state index in [1.165, 1.54) is 0 Å². The minimum Gasteiger partial charge on any atom is -0.395 e. The summed E-state index contributed by atoms with van der Waals surface area (Å²) < 4.78 is 11.3. The van der Waals surface area contributed by atoms with Crippen LogP contribution in [0.5, 0.6) is 0 Å². The van der Waals surface area contributed by atoms with Crippen molar-refractivity contribution < 1.29 is 29.8 Å². The standard InChI is InChI=1S/C14H32N2O6/c1-3-5-11-20-14(22-19,21-12-6-4-2)13(15-7-9-17)16-8-10-18/h13,15-19H,3-12H2,1-2H3. The van der Waals surface area contributed by atoms with Crippen LogP contribution in [0.3, 0.4) is 0 Å². The van der Waals surface area contributed by atoms with E-state index in [-0.39, 0.29) is 26.3 Å². The quantitative estimate of drug-likeness (QED) is 0.119. The molecule has 0 spiro atoms. The molecule has 0 atom stereocenters. The summed E-state index contributed by atoms with van der Waals surface area (Å²) in [4.78, 5) is 4.55. The predicted octanol–water partition coefficient (Wildman–Crippen LogP) is 0.253. The fraction of sp³-hybridized carbons (Fsp3) is 1.00. The van der Waals surface area contributed by atoms with Gasteiger partial charge in [-0.3, -0.25) is 10.6 Å². The molecule has 0 radical (unpaired) electrons. The Morgan fingerprint density at radius 3 is 1.68 bits per heavy atom. The molecule has 0 aromatic heterocycles. The molecule has 8 heteroatoms. The van der Waals surface area contributed by atoms with E-state index in [9.17, 15) is 5.26 Å². The van der Waals surface area contributed by atoms with Crippen LogP contribution >= 0.6 is 0 Å². The van der Waals surface area contributed by atoms with Crippen LogP contribution in [0.4, 0.5) is 0 Å². The number of hydrogen-bond donors (Lipinski definition) is 5. The first-order valence-corrected chi connectivity index (χ1v) is 7.99. The molecular formula is C14H32N2O6. The lowest BCUT2D eigenvalue weighted by atomic mass is 10.3. The smallest absolute Gasteiger partial charge is 0.341 e. The van der Waals surface area contributed by atoms with Crippen LogP contribution in [0.15, 0.2) is 0 Å². The topological polar surface area (TPSA) is 112 Å². The predicted molar refractivity (Wildman–Crippen MR) is 82.1 cm³/mol. The molecule has 22 heavy (non-hydrogen) atoms. The van der Waals surface area contributed by atoms with E-state index >= 15 is 0 Å². The van der Waals surface area contributed by atoms with Crippen molar-refractivity contribution in [2.24, 2.45) is 0 Å². The van der Waals surface area contributed by atoms with Crippen molar-refractivity contribution in [1.82, 2.24) is 10.6 Å². The molecule has 0 fully saturated rings. The van der Waals surface area contributed by atoms with Gasteiger partial charge in [-0.05, 0) is 12.8 Å². The molecule has 0 aromatic carbocycles. The van der Waals surface area contributed by atoms with Crippen LogP contribution in [-0.2, 0) is 14.4 Å². The van der Waals surface area contributed by atoms with Crippen molar-refractivity contribution >= 4 is 0 Å². The number of aliphatic hydroxyl groups is 2. The Kier molecular flexibility index (Phi) is 14.1. The van der Waals surface area contributed by atoms with E-state index in [4.69, 9.17) is 19.7 Å². The Morgan fingerprint density at radius 2 is 1.36 bits per heavy atom. The van der Waals surface area contributed by atoms with Crippen molar-refractivity contribution in [1.29, 1.82) is 0 Å². The molecule has 0 amide bonds. The van der Waals surface area contributed by atoms with Crippen LogP contribution in [0.2, 0.25) is 0 Å². The Hall–Kier alpha value is -0.320. The van der Waals surface area contributed by atoms with Gasteiger partial charge in [0, 0.05) is 13.1 Å². The van der Waals surface area contributed by atoms with Gasteiger partial charge >= 0.3 is 5.97 Å². The SMILES string of the molecule is CCCCOC(OO)(OCCCC)C(NCCO)NCCO. The second-order valence-corrected chi connectivity index (χ2v) is 4.89. The fourth-order valence-electron chi connectivity index (χ4n) is 1.77. The maximum Gasteiger partial charge on any atom is 0.341 e. The maximum atomic E-state index is 9.39. The van der Waals surface area contributed by atoms with Gasteiger partial charge < -0.3 is 19.7 Å². The minimum absolute atomic E-state index is 0.0945. The molecule has 0 aromatic rings. The summed E-state index contributed by atoms with van der Waals surface area (Å²) in [6.45, 7) is 5.06. The van der Waals surface area contributed by atoms with E-state index in [1.54, 1.807) is 0 Å². The lowest BCUT2D eigenvalue weighted by Crippen LogP contribution is -2.63. The lowest BCUT2D eigenvalue weighted by molar-refractivity contribution is -0.502. The minimum atomic E-state index is -1.73. The summed E-state index contributed by atoms with van der Waals surface area (Å²) in [5.41, 5.74) is 0. The van der Waals surface area contributed by atoms with Gasteiger partial charge in [0.15, 0.2) is 0 Å². The van der Waals surface area contributed by atoms with E-state index in [1.807, 2.05) is 13.8 Å². The molecule has 8 nitrogen and oxygen atoms in total. The van der Waals surface area contributed by atoms with Gasteiger partial charge in [0.2, 0.25) is 0 Å². The largest absolute Gasteiger partial charge is 0.395 e. The summed E-state index contributed by atoms with van der Waals surface area (Å²) in [6.07, 6.45) is 2.68. The molecular weight excluding hydrogens is 292 g/mol. The van der Waals surface area contributed by atoms with Gasteiger partial charge in [0.05, 0.1) is 26.4 Å². The molecule has 0 unspecified atom stereocenters. The van der Waals surface area contributed by atoms with Crippen LogP contribution < -0.4 is 10.6 Å². The van der Waals surface area contributed by atoms with Crippen molar-refractivity contribution in [2.45, 2.75) is 51.7 Å². The van der Waals surface area contributed by atoms with E-state index < -0.39 is 12.1 Å². The van der Waals surface area contributed by atoms with E-state index in [2.05, 4.69) is 15.5 Å². The highest BCUT2D eigenvalue weighted by atomic mass is 17.2. The van der Waals surface area contributed by atoms with Crippen molar-refractivity contribution in [2.75, 3.05) is 39.5 Å². The first-order chi connectivity index (χ1) is 10.7. The van der Waals surface area contributed by atoms with E-state index in [0.29, 0.717) is 13.2 Å². The third kappa shape index (κ3) is 8.35. The number of aliphatic hydroxyl groups excluding tert-OH is 2. The molecule has 0 saturated carbocycles. The molecule has 5 N–H and O–H groups in total. The number of hydrogen-bond acceptors (Lipinski definition) is 8. The van der Waals surface area contributed by atoms with Gasteiger partial charge in [-0.1, -0.05) is 26.7 Å². The highest BCUT2D eigenvalue weighted by molar-refractivity contribution is 4.76. The fourth-order valence-corrected chi connectivity index (χ4v) is 1.77. The summed E-state index contributed by atoms with van der Waals surface area (Å²) in [5.74, 6) is -1.73. The molecule has 0 aliphatic rings. The average molecular weight is 324 g/mol. The second-order valence-electron chi connectivity index (χ2n) is 4.89. The van der Waals surface area contributed by atoms with Crippen LogP contribution in [-0.4, -0.2) is 67.1 Å². The summed E-state index contributed by atoms with van der Waals surface area (Å²) in [7, 11) is 0. The van der Waals surface area contributed by atoms with Crippen LogP contribution in [0.1, 0.15) is 39.5 Å². The number of rotatable bonds is 16. The maximum absolute atomic E-state index is 9.39. The number of nitrogens with one attached hydrogen (secondary N) is 2. The highest BCUT2D eigenvalue weighted by Gasteiger charge is 2.43. The van der Waals surface area contributed by atoms with Crippen LogP contribution in [0, 0.1) is 0 Å². The monoisotopic (exact) mass is 324 g/mol. The number of ether oxygens (including phenoxy) is 2. The molecule has 0 saturated heterocycles. The van der Waals surface area contributed by atoms with Gasteiger partial charge in [-0.25, -0.2) is 5.26 Å². The second kappa shape index (κ2) is 14.3. The first-order valence-electron chi connectivity index (χ1n) is 7.99. The molecule has 0 bridgehead atoms. The lowest BCUT2D eigenvalue weighted by Gasteiger charge is -2.37.